The van der Waals surface area contributed by atoms with E-state index in [1.54, 1.807) is 6.07 Å². The second kappa shape index (κ2) is 4.68. The van der Waals surface area contributed by atoms with Crippen molar-refractivity contribution < 1.29 is 4.74 Å². The van der Waals surface area contributed by atoms with E-state index in [2.05, 4.69) is 40.3 Å². The van der Waals surface area contributed by atoms with Crippen LogP contribution >= 0.6 is 12.6 Å². The quantitative estimate of drug-likeness (QED) is 0.454. The molecule has 0 aromatic carbocycles. The van der Waals surface area contributed by atoms with Crippen molar-refractivity contribution in [2.45, 2.75) is 6.92 Å². The summed E-state index contributed by atoms with van der Waals surface area (Å²) in [6.45, 7) is 5.53. The minimum Gasteiger partial charge on any atom is -0.493 e. The van der Waals surface area contributed by atoms with Crippen LogP contribution in [0.15, 0.2) is 12.6 Å². The topological polar surface area (TPSA) is 35.0 Å². The molecule has 0 fully saturated rings. The maximum absolute atomic E-state index is 4.94. The van der Waals surface area contributed by atoms with Gasteiger partial charge in [0.25, 0.3) is 0 Å². The fourth-order valence-corrected chi connectivity index (χ4v) is 1.02. The molecule has 0 spiro atoms. The van der Waals surface area contributed by atoms with Crippen LogP contribution < -0.4 is 0 Å². The van der Waals surface area contributed by atoms with E-state index in [9.17, 15) is 0 Å². The van der Waals surface area contributed by atoms with E-state index in [1.165, 1.54) is 7.11 Å². The van der Waals surface area contributed by atoms with Crippen LogP contribution in [0.1, 0.15) is 17.2 Å². The van der Waals surface area contributed by atoms with Crippen molar-refractivity contribution in [3.8, 4) is 11.2 Å². The molecule has 0 unspecified atom stereocenters. The Bertz CT molecular complexity index is 418. The molecule has 1 heterocycles. The number of aromatic nitrogens is 2. The van der Waals surface area contributed by atoms with Crippen molar-refractivity contribution in [3.05, 3.63) is 29.9 Å². The van der Waals surface area contributed by atoms with Gasteiger partial charge in [0.15, 0.2) is 11.6 Å². The van der Waals surface area contributed by atoms with Gasteiger partial charge in [-0.1, -0.05) is 19.2 Å². The van der Waals surface area contributed by atoms with Gasteiger partial charge in [0.05, 0.1) is 7.11 Å². The first-order valence-electron chi connectivity index (χ1n) is 3.91. The average Bonchev–Trinajstić information content (AvgIpc) is 2.16. The van der Waals surface area contributed by atoms with Crippen molar-refractivity contribution >= 4 is 18.4 Å². The van der Waals surface area contributed by atoms with Gasteiger partial charge < -0.3 is 4.74 Å². The maximum Gasteiger partial charge on any atom is 0.195 e. The molecule has 14 heavy (non-hydrogen) atoms. The number of hydrogen-bond acceptors (Lipinski definition) is 4. The van der Waals surface area contributed by atoms with Gasteiger partial charge in [-0.25, -0.2) is 9.97 Å². The predicted molar refractivity (Wildman–Crippen MR) is 58.7 cm³/mol. The van der Waals surface area contributed by atoms with E-state index in [0.29, 0.717) is 17.3 Å². The lowest BCUT2D eigenvalue weighted by atomic mass is 10.3. The number of aryl methyl sites for hydroxylation is 1. The molecule has 0 atom stereocenters. The summed E-state index contributed by atoms with van der Waals surface area (Å²) in [7, 11) is 1.53. The molecule has 0 bridgehead atoms. The normalized spacial score (nSPS) is 8.79. The summed E-state index contributed by atoms with van der Waals surface area (Å²) < 4.78 is 4.94. The number of nitrogens with zero attached hydrogens (tertiary/aromatic N) is 2. The van der Waals surface area contributed by atoms with Crippen molar-refractivity contribution in [2.24, 2.45) is 0 Å². The molecule has 0 saturated carbocycles. The molecule has 0 aliphatic carbocycles. The summed E-state index contributed by atoms with van der Waals surface area (Å²) in [5.74, 6) is 3.62. The summed E-state index contributed by atoms with van der Waals surface area (Å²) in [6.07, 6.45) is 0. The number of rotatable bonds is 2. The minimum atomic E-state index is 0.427. The summed E-state index contributed by atoms with van der Waals surface area (Å²) in [6, 6.07) is 1.77. The fraction of sp³-hybridized carbons (Fsp3) is 0.200. The molecule has 0 radical (unpaired) electrons. The van der Waals surface area contributed by atoms with Crippen LogP contribution in [0.2, 0.25) is 0 Å². The zero-order valence-corrected chi connectivity index (χ0v) is 8.93. The van der Waals surface area contributed by atoms with E-state index in [-0.39, 0.29) is 0 Å². The van der Waals surface area contributed by atoms with E-state index in [4.69, 9.17) is 4.74 Å². The molecule has 0 aliphatic heterocycles. The molecule has 3 nitrogen and oxygen atoms in total. The fourth-order valence-electron chi connectivity index (χ4n) is 0.906. The highest BCUT2D eigenvalue weighted by atomic mass is 32.1. The Balaban J connectivity index is 3.17. The molecular weight excluding hydrogens is 196 g/mol. The van der Waals surface area contributed by atoms with Gasteiger partial charge in [0, 0.05) is 5.69 Å². The van der Waals surface area contributed by atoms with Gasteiger partial charge >= 0.3 is 0 Å². The smallest absolute Gasteiger partial charge is 0.195 e. The van der Waals surface area contributed by atoms with Crippen LogP contribution in [0.5, 0.6) is 0 Å². The Morgan fingerprint density at radius 2 is 2.29 bits per heavy atom. The SMILES string of the molecule is C=C(OC)c1nc(C)cc(C#CS)n1. The second-order valence-electron chi connectivity index (χ2n) is 2.58. The minimum absolute atomic E-state index is 0.427. The molecule has 4 heteroatoms. The van der Waals surface area contributed by atoms with Crippen molar-refractivity contribution in [2.75, 3.05) is 7.11 Å². The van der Waals surface area contributed by atoms with Crippen LogP contribution in [-0.4, -0.2) is 17.1 Å². The lowest BCUT2D eigenvalue weighted by Gasteiger charge is -2.03. The average molecular weight is 206 g/mol. The van der Waals surface area contributed by atoms with E-state index in [0.717, 1.165) is 5.69 Å². The zero-order valence-electron chi connectivity index (χ0n) is 8.03. The third-order valence-electron chi connectivity index (χ3n) is 1.53. The van der Waals surface area contributed by atoms with Crippen LogP contribution in [0, 0.1) is 18.1 Å². The Labute approximate surface area is 88.6 Å². The van der Waals surface area contributed by atoms with E-state index in [1.807, 2.05) is 6.92 Å². The summed E-state index contributed by atoms with van der Waals surface area (Å²) >= 11 is 3.80. The molecule has 0 N–H and O–H groups in total. The molecule has 1 aromatic heterocycles. The standard InChI is InChI=1S/C10H10N2OS/c1-7-6-9(4-5-14)12-10(11-7)8(2)13-3/h6,14H,2H2,1,3H3. The lowest BCUT2D eigenvalue weighted by molar-refractivity contribution is 0.367. The number of thiol groups is 1. The van der Waals surface area contributed by atoms with Crippen molar-refractivity contribution in [1.82, 2.24) is 9.97 Å². The van der Waals surface area contributed by atoms with Gasteiger partial charge in [-0.15, -0.1) is 0 Å². The van der Waals surface area contributed by atoms with Crippen LogP contribution in [-0.2, 0) is 4.74 Å². The number of ether oxygens (including phenoxy) is 1. The molecule has 0 aliphatic rings. The van der Waals surface area contributed by atoms with Crippen LogP contribution in [0.3, 0.4) is 0 Å². The predicted octanol–water partition coefficient (Wildman–Crippen LogP) is 1.64. The number of methoxy groups -OCH3 is 1. The van der Waals surface area contributed by atoms with Crippen molar-refractivity contribution in [3.63, 3.8) is 0 Å². The largest absolute Gasteiger partial charge is 0.493 e. The lowest BCUT2D eigenvalue weighted by Crippen LogP contribution is -1.99. The first-order valence-corrected chi connectivity index (χ1v) is 4.36. The zero-order chi connectivity index (χ0) is 10.6. The Morgan fingerprint density at radius 3 is 2.86 bits per heavy atom. The highest BCUT2D eigenvalue weighted by Gasteiger charge is 2.04. The Hall–Kier alpha value is -1.47. The third-order valence-corrected chi connectivity index (χ3v) is 1.65. The van der Waals surface area contributed by atoms with Gasteiger partial charge in [0.1, 0.15) is 5.69 Å². The van der Waals surface area contributed by atoms with Gasteiger partial charge in [-0.2, -0.15) is 0 Å². The van der Waals surface area contributed by atoms with Crippen LogP contribution in [0.4, 0.5) is 0 Å². The summed E-state index contributed by atoms with van der Waals surface area (Å²) in [4.78, 5) is 8.29. The number of hydrogen-bond donors (Lipinski definition) is 1. The first-order chi connectivity index (χ1) is 6.67. The molecule has 72 valence electrons. The van der Waals surface area contributed by atoms with Gasteiger partial charge in [-0.05, 0) is 24.2 Å². The van der Waals surface area contributed by atoms with Crippen molar-refractivity contribution in [1.29, 1.82) is 0 Å². The summed E-state index contributed by atoms with van der Waals surface area (Å²) in [5, 5.41) is 2.48. The van der Waals surface area contributed by atoms with Gasteiger partial charge in [-0.3, -0.25) is 0 Å². The van der Waals surface area contributed by atoms with E-state index < -0.39 is 0 Å². The van der Waals surface area contributed by atoms with Gasteiger partial charge in [0.2, 0.25) is 0 Å². The molecule has 1 rings (SSSR count). The molecule has 1 aromatic rings. The molecular formula is C10H10N2OS. The first kappa shape index (κ1) is 10.6. The monoisotopic (exact) mass is 206 g/mol. The highest BCUT2D eigenvalue weighted by molar-refractivity contribution is 7.85. The van der Waals surface area contributed by atoms with E-state index >= 15 is 0 Å². The molecule has 0 saturated heterocycles. The maximum atomic E-state index is 4.94. The molecule has 0 amide bonds. The third kappa shape index (κ3) is 2.51. The Morgan fingerprint density at radius 1 is 1.57 bits per heavy atom. The summed E-state index contributed by atoms with van der Waals surface area (Å²) in [5.41, 5.74) is 1.43. The Kier molecular flexibility index (Phi) is 3.55. The van der Waals surface area contributed by atoms with Crippen LogP contribution in [0.25, 0.3) is 5.76 Å². The second-order valence-corrected chi connectivity index (χ2v) is 2.81. The highest BCUT2D eigenvalue weighted by Crippen LogP contribution is 2.08.